The maximum Gasteiger partial charge on any atom is 0.306 e. The van der Waals surface area contributed by atoms with Crippen LogP contribution in [-0.2, 0) is 4.79 Å². The minimum absolute atomic E-state index is 0.00794. The summed E-state index contributed by atoms with van der Waals surface area (Å²) >= 11 is 5.87. The van der Waals surface area contributed by atoms with Crippen molar-refractivity contribution in [1.29, 1.82) is 0 Å². The maximum absolute atomic E-state index is 12.1. The Hall–Kier alpha value is -1.55. The van der Waals surface area contributed by atoms with Crippen LogP contribution in [0.3, 0.4) is 0 Å². The summed E-state index contributed by atoms with van der Waals surface area (Å²) < 4.78 is 0. The molecule has 1 aromatic rings. The second-order valence-corrected chi connectivity index (χ2v) is 5.94. The van der Waals surface area contributed by atoms with E-state index in [0.29, 0.717) is 17.0 Å². The van der Waals surface area contributed by atoms with Crippen molar-refractivity contribution in [2.75, 3.05) is 0 Å². The molecule has 0 bridgehead atoms. The van der Waals surface area contributed by atoms with Gasteiger partial charge in [0, 0.05) is 16.6 Å². The highest BCUT2D eigenvalue weighted by molar-refractivity contribution is 6.30. The van der Waals surface area contributed by atoms with E-state index in [0.717, 1.165) is 18.4 Å². The zero-order chi connectivity index (χ0) is 16.0. The highest BCUT2D eigenvalue weighted by Crippen LogP contribution is 2.16. The number of aryl methyl sites for hydroxylation is 1. The number of nitrogens with one attached hydrogen (secondary N) is 1. The minimum atomic E-state index is -0.775. The SMILES string of the molecule is Cc1cc(Cl)ccc1C(=O)NC(C)CCCC(C)C(=O)O. The van der Waals surface area contributed by atoms with Gasteiger partial charge >= 0.3 is 5.97 Å². The highest BCUT2D eigenvalue weighted by Gasteiger charge is 2.14. The molecule has 0 fully saturated rings. The number of aliphatic carboxylic acids is 1. The second kappa shape index (κ2) is 8.03. The lowest BCUT2D eigenvalue weighted by Gasteiger charge is -2.15. The molecule has 0 saturated carbocycles. The Kier molecular flexibility index (Phi) is 6.69. The monoisotopic (exact) mass is 311 g/mol. The van der Waals surface area contributed by atoms with Crippen molar-refractivity contribution in [1.82, 2.24) is 5.32 Å². The van der Waals surface area contributed by atoms with Crippen LogP contribution in [0.4, 0.5) is 0 Å². The van der Waals surface area contributed by atoms with Crippen LogP contribution < -0.4 is 5.32 Å². The van der Waals surface area contributed by atoms with Gasteiger partial charge in [0.15, 0.2) is 0 Å². The first-order valence-corrected chi connectivity index (χ1v) is 7.49. The topological polar surface area (TPSA) is 66.4 Å². The second-order valence-electron chi connectivity index (χ2n) is 5.50. The van der Waals surface area contributed by atoms with Gasteiger partial charge in [0.05, 0.1) is 5.92 Å². The lowest BCUT2D eigenvalue weighted by Crippen LogP contribution is -2.33. The Morgan fingerprint density at radius 3 is 2.52 bits per heavy atom. The summed E-state index contributed by atoms with van der Waals surface area (Å²) in [6, 6.07) is 5.18. The molecule has 1 amide bonds. The maximum atomic E-state index is 12.1. The zero-order valence-electron chi connectivity index (χ0n) is 12.6. The molecule has 2 N–H and O–H groups in total. The van der Waals surface area contributed by atoms with Gasteiger partial charge < -0.3 is 10.4 Å². The molecule has 0 aliphatic rings. The predicted octanol–water partition coefficient (Wildman–Crippen LogP) is 3.66. The molecular weight excluding hydrogens is 290 g/mol. The summed E-state index contributed by atoms with van der Waals surface area (Å²) in [6.07, 6.45) is 2.15. The first-order valence-electron chi connectivity index (χ1n) is 7.11. The van der Waals surface area contributed by atoms with Gasteiger partial charge in [-0.1, -0.05) is 24.9 Å². The molecule has 0 saturated heterocycles. The quantitative estimate of drug-likeness (QED) is 0.807. The molecule has 0 aliphatic heterocycles. The third-order valence-corrected chi connectivity index (χ3v) is 3.74. The standard InChI is InChI=1S/C16H22ClNO3/c1-10(16(20)21)5-4-6-12(3)18-15(19)14-8-7-13(17)9-11(14)2/h7-10,12H,4-6H2,1-3H3,(H,18,19)(H,20,21). The average molecular weight is 312 g/mol. The van der Waals surface area contributed by atoms with Crippen LogP contribution in [0.25, 0.3) is 0 Å². The number of carbonyl (C=O) groups is 2. The van der Waals surface area contributed by atoms with Crippen LogP contribution in [0.1, 0.15) is 49.0 Å². The fraction of sp³-hybridized carbons (Fsp3) is 0.500. The van der Waals surface area contributed by atoms with E-state index in [4.69, 9.17) is 16.7 Å². The Morgan fingerprint density at radius 2 is 1.95 bits per heavy atom. The van der Waals surface area contributed by atoms with Gasteiger partial charge in [0.25, 0.3) is 5.91 Å². The highest BCUT2D eigenvalue weighted by atomic mass is 35.5. The molecule has 21 heavy (non-hydrogen) atoms. The van der Waals surface area contributed by atoms with E-state index >= 15 is 0 Å². The number of carboxylic acids is 1. The molecular formula is C16H22ClNO3. The van der Waals surface area contributed by atoms with Crippen molar-refractivity contribution in [2.45, 2.75) is 46.1 Å². The molecule has 5 heteroatoms. The van der Waals surface area contributed by atoms with Gasteiger partial charge in [0.2, 0.25) is 0 Å². The van der Waals surface area contributed by atoms with Crippen LogP contribution in [0, 0.1) is 12.8 Å². The first kappa shape index (κ1) is 17.5. The van der Waals surface area contributed by atoms with Gasteiger partial charge in [-0.15, -0.1) is 0 Å². The number of carbonyl (C=O) groups excluding carboxylic acids is 1. The number of halogens is 1. The van der Waals surface area contributed by atoms with Gasteiger partial charge in [-0.05, 0) is 50.5 Å². The summed E-state index contributed by atoms with van der Waals surface area (Å²) in [5, 5.41) is 12.4. The van der Waals surface area contributed by atoms with Gasteiger partial charge in [0.1, 0.15) is 0 Å². The molecule has 4 nitrogen and oxygen atoms in total. The fourth-order valence-corrected chi connectivity index (χ4v) is 2.34. The lowest BCUT2D eigenvalue weighted by molar-refractivity contribution is -0.141. The predicted molar refractivity (Wildman–Crippen MR) is 83.8 cm³/mol. The Morgan fingerprint density at radius 1 is 1.29 bits per heavy atom. The average Bonchev–Trinajstić information content (AvgIpc) is 2.37. The molecule has 0 spiro atoms. The van der Waals surface area contributed by atoms with E-state index < -0.39 is 5.97 Å². The van der Waals surface area contributed by atoms with Crippen molar-refractivity contribution < 1.29 is 14.7 Å². The smallest absolute Gasteiger partial charge is 0.306 e. The largest absolute Gasteiger partial charge is 0.481 e. The van der Waals surface area contributed by atoms with Crippen molar-refractivity contribution >= 4 is 23.5 Å². The first-order chi connectivity index (χ1) is 9.81. The van der Waals surface area contributed by atoms with E-state index in [-0.39, 0.29) is 17.9 Å². The summed E-state index contributed by atoms with van der Waals surface area (Å²) in [6.45, 7) is 5.47. The van der Waals surface area contributed by atoms with Crippen LogP contribution in [0.2, 0.25) is 5.02 Å². The molecule has 2 atom stereocenters. The number of carboxylic acid groups (broad SMARTS) is 1. The van der Waals surface area contributed by atoms with E-state index in [1.807, 2.05) is 13.8 Å². The van der Waals surface area contributed by atoms with E-state index in [9.17, 15) is 9.59 Å². The van der Waals surface area contributed by atoms with Crippen molar-refractivity contribution in [2.24, 2.45) is 5.92 Å². The van der Waals surface area contributed by atoms with Crippen LogP contribution >= 0.6 is 11.6 Å². The number of rotatable bonds is 7. The number of hydrogen-bond acceptors (Lipinski definition) is 2. The van der Waals surface area contributed by atoms with Crippen LogP contribution in [0.15, 0.2) is 18.2 Å². The third-order valence-electron chi connectivity index (χ3n) is 3.51. The molecule has 0 heterocycles. The number of benzene rings is 1. The minimum Gasteiger partial charge on any atom is -0.481 e. The van der Waals surface area contributed by atoms with E-state index in [2.05, 4.69) is 5.32 Å². The van der Waals surface area contributed by atoms with Crippen molar-refractivity contribution in [3.8, 4) is 0 Å². The number of hydrogen-bond donors (Lipinski definition) is 2. The van der Waals surface area contributed by atoms with Gasteiger partial charge in [-0.25, -0.2) is 0 Å². The molecule has 0 aromatic heterocycles. The third kappa shape index (κ3) is 5.76. The summed E-state index contributed by atoms with van der Waals surface area (Å²) in [5.74, 6) is -1.24. The van der Waals surface area contributed by atoms with E-state index in [1.165, 1.54) is 0 Å². The molecule has 1 aromatic carbocycles. The fourth-order valence-electron chi connectivity index (χ4n) is 2.11. The molecule has 116 valence electrons. The van der Waals surface area contributed by atoms with Crippen LogP contribution in [-0.4, -0.2) is 23.0 Å². The molecule has 0 radical (unpaired) electrons. The van der Waals surface area contributed by atoms with E-state index in [1.54, 1.807) is 25.1 Å². The van der Waals surface area contributed by atoms with Crippen LogP contribution in [0.5, 0.6) is 0 Å². The normalized spacial score (nSPS) is 13.5. The summed E-state index contributed by atoms with van der Waals surface area (Å²) in [4.78, 5) is 22.9. The molecule has 1 rings (SSSR count). The molecule has 2 unspecified atom stereocenters. The molecule has 0 aliphatic carbocycles. The van der Waals surface area contributed by atoms with Crippen molar-refractivity contribution in [3.63, 3.8) is 0 Å². The zero-order valence-corrected chi connectivity index (χ0v) is 13.4. The van der Waals surface area contributed by atoms with Gasteiger partial charge in [-0.2, -0.15) is 0 Å². The summed E-state index contributed by atoms with van der Waals surface area (Å²) in [5.41, 5.74) is 1.46. The summed E-state index contributed by atoms with van der Waals surface area (Å²) in [7, 11) is 0. The van der Waals surface area contributed by atoms with Crippen molar-refractivity contribution in [3.05, 3.63) is 34.3 Å². The Labute approximate surface area is 130 Å². The van der Waals surface area contributed by atoms with Gasteiger partial charge in [-0.3, -0.25) is 9.59 Å². The number of amides is 1. The Balaban J connectivity index is 2.45. The lowest BCUT2D eigenvalue weighted by atomic mass is 10.0. The Bertz CT molecular complexity index is 516.